The van der Waals surface area contributed by atoms with Gasteiger partial charge in [-0.25, -0.2) is 0 Å². The van der Waals surface area contributed by atoms with Crippen LogP contribution in [0, 0.1) is 0 Å². The van der Waals surface area contributed by atoms with Crippen LogP contribution in [0.15, 0.2) is 0 Å². The summed E-state index contributed by atoms with van der Waals surface area (Å²) >= 11 is 0. The Bertz CT molecular complexity index is 114. The lowest BCUT2D eigenvalue weighted by Gasteiger charge is -2.24. The summed E-state index contributed by atoms with van der Waals surface area (Å²) in [4.78, 5) is 0. The Labute approximate surface area is 71.2 Å². The summed E-state index contributed by atoms with van der Waals surface area (Å²) in [5.41, 5.74) is 0. The van der Waals surface area contributed by atoms with Gasteiger partial charge in [-0.3, -0.25) is 0 Å². The number of ether oxygens (including phenoxy) is 1. The lowest BCUT2D eigenvalue weighted by Crippen LogP contribution is -2.42. The minimum atomic E-state index is -1.89. The van der Waals surface area contributed by atoms with Crippen LogP contribution in [-0.2, 0) is 4.74 Å². The van der Waals surface area contributed by atoms with Crippen molar-refractivity contribution in [2.75, 3.05) is 6.61 Å². The first kappa shape index (κ1) is 11.8. The van der Waals surface area contributed by atoms with E-state index in [1.807, 2.05) is 0 Å². The molecule has 12 heavy (non-hydrogen) atoms. The molecular weight excluding hydrogens is 164 g/mol. The average Bonchev–Trinajstić information content (AvgIpc) is 1.98. The molecule has 0 aliphatic rings. The molecule has 0 aromatic carbocycles. The highest BCUT2D eigenvalue weighted by molar-refractivity contribution is 4.70. The second-order valence-electron chi connectivity index (χ2n) is 2.81. The van der Waals surface area contributed by atoms with Gasteiger partial charge in [-0.2, -0.15) is 0 Å². The summed E-state index contributed by atoms with van der Waals surface area (Å²) in [6.45, 7) is 3.00. The monoisotopic (exact) mass is 180 g/mol. The van der Waals surface area contributed by atoms with Gasteiger partial charge >= 0.3 is 0 Å². The fourth-order valence-electron chi connectivity index (χ4n) is 0.773. The number of aliphatic hydroxyl groups is 4. The summed E-state index contributed by atoms with van der Waals surface area (Å²) in [5, 5.41) is 34.8. The molecule has 0 aliphatic heterocycles. The zero-order chi connectivity index (χ0) is 9.72. The molecule has 0 aromatic rings. The van der Waals surface area contributed by atoms with Crippen LogP contribution in [0.4, 0.5) is 0 Å². The molecule has 4 N–H and O–H groups in total. The van der Waals surface area contributed by atoms with E-state index in [1.54, 1.807) is 13.8 Å². The molecule has 0 aliphatic carbocycles. The van der Waals surface area contributed by atoms with Gasteiger partial charge in [0, 0.05) is 0 Å². The first-order valence-electron chi connectivity index (χ1n) is 3.79. The van der Waals surface area contributed by atoms with Gasteiger partial charge in [-0.05, 0) is 13.8 Å². The first-order chi connectivity index (χ1) is 5.49. The summed E-state index contributed by atoms with van der Waals surface area (Å²) in [5.74, 6) is 0. The third-order valence-corrected chi connectivity index (χ3v) is 1.31. The SMILES string of the molecule is CC(C)OC(CO)C(O)C(O)O. The third-order valence-electron chi connectivity index (χ3n) is 1.31. The van der Waals surface area contributed by atoms with Crippen LogP contribution in [0.1, 0.15) is 13.8 Å². The van der Waals surface area contributed by atoms with Crippen LogP contribution in [0.2, 0.25) is 0 Å². The molecule has 0 spiro atoms. The standard InChI is InChI=1S/C7H16O5/c1-4(2)12-5(3-8)6(9)7(10)11/h4-11H,3H2,1-2H3. The molecule has 2 unspecified atom stereocenters. The van der Waals surface area contributed by atoms with Crippen molar-refractivity contribution in [1.29, 1.82) is 0 Å². The predicted octanol–water partition coefficient (Wildman–Crippen LogP) is -1.56. The summed E-state index contributed by atoms with van der Waals surface area (Å²) in [7, 11) is 0. The Morgan fingerprint density at radius 3 is 1.92 bits per heavy atom. The van der Waals surface area contributed by atoms with E-state index in [0.717, 1.165) is 0 Å². The molecule has 0 rings (SSSR count). The molecule has 74 valence electrons. The van der Waals surface area contributed by atoms with Crippen LogP contribution < -0.4 is 0 Å². The van der Waals surface area contributed by atoms with E-state index in [1.165, 1.54) is 0 Å². The summed E-state index contributed by atoms with van der Waals surface area (Å²) in [6.07, 6.45) is -4.50. The lowest BCUT2D eigenvalue weighted by atomic mass is 10.2. The highest BCUT2D eigenvalue weighted by Gasteiger charge is 2.25. The van der Waals surface area contributed by atoms with Crippen molar-refractivity contribution in [2.45, 2.75) is 38.4 Å². The fraction of sp³-hybridized carbons (Fsp3) is 1.00. The largest absolute Gasteiger partial charge is 0.394 e. The van der Waals surface area contributed by atoms with Crippen molar-refractivity contribution in [3.8, 4) is 0 Å². The average molecular weight is 180 g/mol. The molecular formula is C7H16O5. The van der Waals surface area contributed by atoms with Crippen molar-refractivity contribution in [3.05, 3.63) is 0 Å². The van der Waals surface area contributed by atoms with Crippen LogP contribution in [0.3, 0.4) is 0 Å². The van der Waals surface area contributed by atoms with E-state index < -0.39 is 25.1 Å². The molecule has 0 aromatic heterocycles. The number of rotatable bonds is 5. The lowest BCUT2D eigenvalue weighted by molar-refractivity contribution is -0.184. The normalized spacial score (nSPS) is 17.0. The van der Waals surface area contributed by atoms with Gasteiger partial charge in [-0.1, -0.05) is 0 Å². The van der Waals surface area contributed by atoms with Crippen molar-refractivity contribution in [3.63, 3.8) is 0 Å². The quantitative estimate of drug-likeness (QED) is 0.384. The van der Waals surface area contributed by atoms with Crippen molar-refractivity contribution in [1.82, 2.24) is 0 Å². The molecule has 0 fully saturated rings. The second kappa shape index (κ2) is 5.45. The van der Waals surface area contributed by atoms with Crippen molar-refractivity contribution in [2.24, 2.45) is 0 Å². The highest BCUT2D eigenvalue weighted by Crippen LogP contribution is 2.05. The smallest absolute Gasteiger partial charge is 0.180 e. The third kappa shape index (κ3) is 3.99. The van der Waals surface area contributed by atoms with Gasteiger partial charge in [0.05, 0.1) is 12.7 Å². The van der Waals surface area contributed by atoms with Gasteiger partial charge in [0.15, 0.2) is 6.29 Å². The fourth-order valence-corrected chi connectivity index (χ4v) is 0.773. The zero-order valence-corrected chi connectivity index (χ0v) is 7.21. The van der Waals surface area contributed by atoms with Gasteiger partial charge in [0.2, 0.25) is 0 Å². The summed E-state index contributed by atoms with van der Waals surface area (Å²) in [6, 6.07) is 0. The molecule has 0 radical (unpaired) electrons. The van der Waals surface area contributed by atoms with Crippen LogP contribution >= 0.6 is 0 Å². The highest BCUT2D eigenvalue weighted by atomic mass is 16.5. The zero-order valence-electron chi connectivity index (χ0n) is 7.21. The van der Waals surface area contributed by atoms with Crippen LogP contribution in [0.5, 0.6) is 0 Å². The van der Waals surface area contributed by atoms with E-state index >= 15 is 0 Å². The van der Waals surface area contributed by atoms with E-state index in [9.17, 15) is 0 Å². The Morgan fingerprint density at radius 1 is 1.17 bits per heavy atom. The number of aliphatic hydroxyl groups excluding tert-OH is 3. The molecule has 2 atom stereocenters. The van der Waals surface area contributed by atoms with Gasteiger partial charge in [-0.15, -0.1) is 0 Å². The number of hydrogen-bond acceptors (Lipinski definition) is 5. The van der Waals surface area contributed by atoms with E-state index in [-0.39, 0.29) is 6.10 Å². The molecule has 5 heteroatoms. The van der Waals surface area contributed by atoms with E-state index in [4.69, 9.17) is 25.2 Å². The Morgan fingerprint density at radius 2 is 1.67 bits per heavy atom. The molecule has 5 nitrogen and oxygen atoms in total. The van der Waals surface area contributed by atoms with Gasteiger partial charge in [0.25, 0.3) is 0 Å². The minimum absolute atomic E-state index is 0.185. The van der Waals surface area contributed by atoms with Gasteiger partial charge in [0.1, 0.15) is 12.2 Å². The molecule has 0 bridgehead atoms. The maximum atomic E-state index is 9.05. The number of hydrogen-bond donors (Lipinski definition) is 4. The molecule has 0 saturated heterocycles. The molecule has 0 saturated carbocycles. The molecule has 0 heterocycles. The van der Waals surface area contributed by atoms with Gasteiger partial charge < -0.3 is 25.2 Å². The van der Waals surface area contributed by atoms with E-state index in [2.05, 4.69) is 0 Å². The van der Waals surface area contributed by atoms with Crippen molar-refractivity contribution >= 4 is 0 Å². The Kier molecular flexibility index (Phi) is 5.36. The second-order valence-corrected chi connectivity index (χ2v) is 2.81. The summed E-state index contributed by atoms with van der Waals surface area (Å²) < 4.78 is 5.00. The first-order valence-corrected chi connectivity index (χ1v) is 3.79. The van der Waals surface area contributed by atoms with Crippen molar-refractivity contribution < 1.29 is 25.2 Å². The minimum Gasteiger partial charge on any atom is -0.394 e. The Hall–Kier alpha value is -0.200. The molecule has 0 amide bonds. The predicted molar refractivity (Wildman–Crippen MR) is 41.3 cm³/mol. The van der Waals surface area contributed by atoms with E-state index in [0.29, 0.717) is 0 Å². The Balaban J connectivity index is 3.96. The van der Waals surface area contributed by atoms with Crippen LogP contribution in [0.25, 0.3) is 0 Å². The maximum Gasteiger partial charge on any atom is 0.180 e. The van der Waals surface area contributed by atoms with Crippen LogP contribution in [-0.4, -0.2) is 51.6 Å². The topological polar surface area (TPSA) is 90.2 Å². The maximum absolute atomic E-state index is 9.05.